The van der Waals surface area contributed by atoms with E-state index in [4.69, 9.17) is 11.6 Å². The van der Waals surface area contributed by atoms with Gasteiger partial charge in [0.25, 0.3) is 5.91 Å². The lowest BCUT2D eigenvalue weighted by Gasteiger charge is -2.06. The maximum atomic E-state index is 11.9. The zero-order valence-electron chi connectivity index (χ0n) is 9.51. The first-order valence-corrected chi connectivity index (χ1v) is 5.53. The fourth-order valence-corrected chi connectivity index (χ4v) is 1.49. The van der Waals surface area contributed by atoms with Gasteiger partial charge in [0.15, 0.2) is 11.0 Å². The van der Waals surface area contributed by atoms with Crippen molar-refractivity contribution < 1.29 is 9.90 Å². The summed E-state index contributed by atoms with van der Waals surface area (Å²) in [5.41, 5.74) is 1.02. The number of halogens is 1. The smallest absolute Gasteiger partial charge is 0.257 e. The lowest BCUT2D eigenvalue weighted by atomic mass is 10.1. The number of nitrogens with zero attached hydrogens (tertiary/aromatic N) is 2. The van der Waals surface area contributed by atoms with Gasteiger partial charge in [0.05, 0.1) is 0 Å². The van der Waals surface area contributed by atoms with Crippen LogP contribution in [-0.4, -0.2) is 21.0 Å². The molecule has 0 fully saturated rings. The molecular formula is C12H10ClN3O2. The molecule has 0 spiro atoms. The van der Waals surface area contributed by atoms with E-state index in [1.165, 1.54) is 18.5 Å². The Bertz CT molecular complexity index is 602. The van der Waals surface area contributed by atoms with Crippen LogP contribution in [0.15, 0.2) is 30.6 Å². The van der Waals surface area contributed by atoms with Gasteiger partial charge in [-0.1, -0.05) is 17.7 Å². The van der Waals surface area contributed by atoms with Crippen molar-refractivity contribution in [2.75, 3.05) is 5.32 Å². The molecule has 0 bridgehead atoms. The van der Waals surface area contributed by atoms with Gasteiger partial charge in [-0.3, -0.25) is 4.79 Å². The molecule has 0 atom stereocenters. The molecule has 1 aromatic heterocycles. The van der Waals surface area contributed by atoms with Crippen LogP contribution < -0.4 is 5.32 Å². The number of benzene rings is 1. The minimum Gasteiger partial charge on any atom is -0.508 e. The highest BCUT2D eigenvalue weighted by atomic mass is 35.5. The lowest BCUT2D eigenvalue weighted by molar-refractivity contribution is 0.102. The molecular weight excluding hydrogens is 254 g/mol. The molecule has 1 amide bonds. The normalized spacial score (nSPS) is 10.1. The van der Waals surface area contributed by atoms with E-state index >= 15 is 0 Å². The first-order valence-electron chi connectivity index (χ1n) is 5.15. The molecule has 0 aliphatic heterocycles. The minimum atomic E-state index is -0.410. The van der Waals surface area contributed by atoms with Crippen molar-refractivity contribution in [1.29, 1.82) is 0 Å². The van der Waals surface area contributed by atoms with Crippen LogP contribution in [0.1, 0.15) is 15.9 Å². The van der Waals surface area contributed by atoms with Crippen molar-refractivity contribution in [3.05, 3.63) is 46.9 Å². The van der Waals surface area contributed by atoms with Crippen molar-refractivity contribution in [1.82, 2.24) is 9.97 Å². The summed E-state index contributed by atoms with van der Waals surface area (Å²) in [5.74, 6) is -0.162. The number of aromatic hydroxyl groups is 1. The van der Waals surface area contributed by atoms with Gasteiger partial charge in [-0.25, -0.2) is 9.97 Å². The number of hydrogen-bond donors (Lipinski definition) is 2. The highest BCUT2D eigenvalue weighted by molar-refractivity contribution is 6.32. The summed E-state index contributed by atoms with van der Waals surface area (Å²) in [5, 5.41) is 12.2. The number of rotatable bonds is 2. The fourth-order valence-electron chi connectivity index (χ4n) is 1.34. The van der Waals surface area contributed by atoms with Crippen molar-refractivity contribution >= 4 is 23.3 Å². The Hall–Kier alpha value is -2.14. The van der Waals surface area contributed by atoms with Crippen LogP contribution >= 0.6 is 11.6 Å². The first-order chi connectivity index (χ1) is 8.58. The second-order valence-corrected chi connectivity index (χ2v) is 4.01. The molecule has 2 N–H and O–H groups in total. The molecule has 2 rings (SSSR count). The summed E-state index contributed by atoms with van der Waals surface area (Å²) in [4.78, 5) is 19.6. The monoisotopic (exact) mass is 263 g/mol. The summed E-state index contributed by atoms with van der Waals surface area (Å²) in [6.07, 6.45) is 2.85. The number of nitrogens with one attached hydrogen (secondary N) is 1. The van der Waals surface area contributed by atoms with Gasteiger partial charge in [-0.15, -0.1) is 0 Å². The Balaban J connectivity index is 2.22. The van der Waals surface area contributed by atoms with Crippen LogP contribution in [0.3, 0.4) is 0 Å². The fraction of sp³-hybridized carbons (Fsp3) is 0.0833. The van der Waals surface area contributed by atoms with Crippen molar-refractivity contribution in [3.8, 4) is 5.75 Å². The Morgan fingerprint density at radius 3 is 2.72 bits per heavy atom. The summed E-state index contributed by atoms with van der Waals surface area (Å²) >= 11 is 5.77. The van der Waals surface area contributed by atoms with Crippen molar-refractivity contribution in [3.63, 3.8) is 0 Å². The topological polar surface area (TPSA) is 75.1 Å². The van der Waals surface area contributed by atoms with Gasteiger partial charge in [-0.2, -0.15) is 0 Å². The van der Waals surface area contributed by atoms with Crippen LogP contribution in [-0.2, 0) is 0 Å². The number of carbonyl (C=O) groups excluding carboxylic acids is 1. The Labute approximate surface area is 108 Å². The molecule has 6 heteroatoms. The van der Waals surface area contributed by atoms with Crippen molar-refractivity contribution in [2.45, 2.75) is 6.92 Å². The van der Waals surface area contributed by atoms with E-state index in [2.05, 4.69) is 15.3 Å². The Kier molecular flexibility index (Phi) is 3.43. The Morgan fingerprint density at radius 2 is 2.06 bits per heavy atom. The average molecular weight is 264 g/mol. The molecule has 5 nitrogen and oxygen atoms in total. The van der Waals surface area contributed by atoms with Crippen LogP contribution in [0.4, 0.5) is 5.82 Å². The maximum Gasteiger partial charge on any atom is 0.257 e. The van der Waals surface area contributed by atoms with Crippen LogP contribution in [0.5, 0.6) is 5.75 Å². The third-order valence-electron chi connectivity index (χ3n) is 2.36. The van der Waals surface area contributed by atoms with E-state index in [1.807, 2.05) is 0 Å². The molecule has 0 unspecified atom stereocenters. The number of hydrogen-bond acceptors (Lipinski definition) is 4. The van der Waals surface area contributed by atoms with E-state index in [1.54, 1.807) is 19.1 Å². The van der Waals surface area contributed by atoms with Gasteiger partial charge < -0.3 is 10.4 Å². The molecule has 2 aromatic rings. The summed E-state index contributed by atoms with van der Waals surface area (Å²) < 4.78 is 0. The zero-order chi connectivity index (χ0) is 13.1. The number of aryl methyl sites for hydroxylation is 1. The number of phenols is 1. The molecule has 92 valence electrons. The average Bonchev–Trinajstić information content (AvgIpc) is 2.35. The molecule has 0 saturated heterocycles. The number of phenolic OH excluding ortho intramolecular Hbond substituents is 1. The van der Waals surface area contributed by atoms with E-state index in [0.29, 0.717) is 11.1 Å². The van der Waals surface area contributed by atoms with E-state index in [9.17, 15) is 9.90 Å². The number of carbonyl (C=O) groups is 1. The highest BCUT2D eigenvalue weighted by Crippen LogP contribution is 2.19. The van der Waals surface area contributed by atoms with Crippen LogP contribution in [0.2, 0.25) is 5.15 Å². The molecule has 0 radical (unpaired) electrons. The standard InChI is InChI=1S/C12H10ClN3O2/c1-7-2-3-8(6-9(7)17)12(18)16-11-10(13)14-4-5-15-11/h2-6,17H,1H3,(H,15,16,18). The third kappa shape index (κ3) is 2.57. The van der Waals surface area contributed by atoms with E-state index in [0.717, 1.165) is 0 Å². The second kappa shape index (κ2) is 5.01. The lowest BCUT2D eigenvalue weighted by Crippen LogP contribution is -2.13. The first kappa shape index (κ1) is 12.3. The predicted molar refractivity (Wildman–Crippen MR) is 67.8 cm³/mol. The summed E-state index contributed by atoms with van der Waals surface area (Å²) in [6, 6.07) is 4.64. The second-order valence-electron chi connectivity index (χ2n) is 3.65. The Morgan fingerprint density at radius 1 is 1.33 bits per heavy atom. The predicted octanol–water partition coefficient (Wildman–Crippen LogP) is 2.40. The van der Waals surface area contributed by atoms with Gasteiger partial charge >= 0.3 is 0 Å². The maximum absolute atomic E-state index is 11.9. The summed E-state index contributed by atoms with van der Waals surface area (Å²) in [7, 11) is 0. The highest BCUT2D eigenvalue weighted by Gasteiger charge is 2.11. The number of anilines is 1. The molecule has 18 heavy (non-hydrogen) atoms. The molecule has 0 saturated carbocycles. The molecule has 1 aromatic carbocycles. The quantitative estimate of drug-likeness (QED) is 0.872. The third-order valence-corrected chi connectivity index (χ3v) is 2.63. The summed E-state index contributed by atoms with van der Waals surface area (Å²) in [6.45, 7) is 1.75. The van der Waals surface area contributed by atoms with Gasteiger partial charge in [0.1, 0.15) is 5.75 Å². The van der Waals surface area contributed by atoms with E-state index < -0.39 is 5.91 Å². The number of aromatic nitrogens is 2. The zero-order valence-corrected chi connectivity index (χ0v) is 10.3. The molecule has 1 heterocycles. The van der Waals surface area contributed by atoms with Crippen molar-refractivity contribution in [2.24, 2.45) is 0 Å². The van der Waals surface area contributed by atoms with Gasteiger partial charge in [0, 0.05) is 18.0 Å². The van der Waals surface area contributed by atoms with E-state index in [-0.39, 0.29) is 16.7 Å². The minimum absolute atomic E-state index is 0.0629. The molecule has 0 aliphatic rings. The van der Waals surface area contributed by atoms with Crippen LogP contribution in [0, 0.1) is 6.92 Å². The SMILES string of the molecule is Cc1ccc(C(=O)Nc2nccnc2Cl)cc1O. The van der Waals surface area contributed by atoms with Gasteiger partial charge in [0.2, 0.25) is 0 Å². The molecule has 0 aliphatic carbocycles. The largest absolute Gasteiger partial charge is 0.508 e. The van der Waals surface area contributed by atoms with Gasteiger partial charge in [-0.05, 0) is 24.6 Å². The van der Waals surface area contributed by atoms with Crippen LogP contribution in [0.25, 0.3) is 0 Å². The number of amides is 1.